The van der Waals surface area contributed by atoms with E-state index in [9.17, 15) is 9.18 Å². The molecule has 1 saturated heterocycles. The largest absolute Gasteiger partial charge is 0.327 e. The van der Waals surface area contributed by atoms with Gasteiger partial charge in [-0.05, 0) is 88.3 Å². The van der Waals surface area contributed by atoms with Gasteiger partial charge >= 0.3 is 0 Å². The fourth-order valence-corrected chi connectivity index (χ4v) is 8.41. The number of carbonyl (C=O) groups is 1. The van der Waals surface area contributed by atoms with E-state index in [0.717, 1.165) is 22.9 Å². The van der Waals surface area contributed by atoms with Gasteiger partial charge in [0.25, 0.3) is 0 Å². The number of amides is 1. The highest BCUT2D eigenvalue weighted by Crippen LogP contribution is 2.57. The van der Waals surface area contributed by atoms with Crippen molar-refractivity contribution in [3.05, 3.63) is 29.0 Å². The van der Waals surface area contributed by atoms with E-state index < -0.39 is 5.82 Å². The molecule has 0 spiro atoms. The van der Waals surface area contributed by atoms with Gasteiger partial charge in [-0.25, -0.2) is 4.39 Å². The topological polar surface area (TPSA) is 35.9 Å². The molecule has 6 rings (SSSR count). The number of carbonyl (C=O) groups excluding carboxylic acids is 1. The molecule has 4 nitrogen and oxygen atoms in total. The molecule has 5 aliphatic rings. The number of nitrogens with zero attached hydrogens (tertiary/aromatic N) is 3. The van der Waals surface area contributed by atoms with Gasteiger partial charge < -0.3 is 4.90 Å². The molecule has 0 radical (unpaired) electrons. The van der Waals surface area contributed by atoms with Gasteiger partial charge in [-0.15, -0.1) is 12.4 Å². The fraction of sp³-hybridized carbons (Fsp3) is 0.667. The molecule has 1 aromatic rings. The van der Waals surface area contributed by atoms with E-state index in [1.165, 1.54) is 51.5 Å². The predicted molar refractivity (Wildman–Crippen MR) is 133 cm³/mol. The van der Waals surface area contributed by atoms with Crippen molar-refractivity contribution in [2.24, 2.45) is 22.7 Å². The van der Waals surface area contributed by atoms with Gasteiger partial charge in [0.2, 0.25) is 5.91 Å². The van der Waals surface area contributed by atoms with Crippen molar-refractivity contribution in [3.63, 3.8) is 0 Å². The average molecular weight is 501 g/mol. The van der Waals surface area contributed by atoms with Crippen LogP contribution in [0.5, 0.6) is 0 Å². The number of benzene rings is 1. The van der Waals surface area contributed by atoms with Gasteiger partial charge in [-0.1, -0.05) is 23.4 Å². The van der Waals surface area contributed by atoms with Gasteiger partial charge in [-0.3, -0.25) is 14.7 Å². The minimum Gasteiger partial charge on any atom is -0.327 e. The molecule has 4 bridgehead atoms. The Labute approximate surface area is 205 Å². The van der Waals surface area contributed by atoms with E-state index in [2.05, 4.69) is 18.7 Å². The van der Waals surface area contributed by atoms with Gasteiger partial charge in [0.1, 0.15) is 12.0 Å². The smallest absolute Gasteiger partial charge is 0.225 e. The van der Waals surface area contributed by atoms with Crippen molar-refractivity contribution >= 4 is 52.5 Å². The Bertz CT molecular complexity index is 889. The van der Waals surface area contributed by atoms with Crippen molar-refractivity contribution in [2.45, 2.75) is 77.0 Å². The second-order valence-electron chi connectivity index (χ2n) is 10.3. The first kappa shape index (κ1) is 24.2. The molecule has 32 heavy (non-hydrogen) atoms. The summed E-state index contributed by atoms with van der Waals surface area (Å²) in [6.07, 6.45) is 7.54. The lowest BCUT2D eigenvalue weighted by Crippen LogP contribution is -2.54. The molecule has 1 heterocycles. The molecule has 4 saturated carbocycles. The lowest BCUT2D eigenvalue weighted by atomic mass is 9.53. The highest BCUT2D eigenvalue weighted by molar-refractivity contribution is 8.14. The normalized spacial score (nSPS) is 34.3. The van der Waals surface area contributed by atoms with Crippen LogP contribution in [0, 0.1) is 23.6 Å². The summed E-state index contributed by atoms with van der Waals surface area (Å²) in [5.74, 6) is 2.55. The van der Waals surface area contributed by atoms with Crippen molar-refractivity contribution in [1.29, 1.82) is 0 Å². The van der Waals surface area contributed by atoms with E-state index in [1.807, 2.05) is 0 Å². The Morgan fingerprint density at radius 2 is 1.81 bits per heavy atom. The molecule has 1 amide bonds. The van der Waals surface area contributed by atoms with Crippen molar-refractivity contribution in [3.8, 4) is 0 Å². The molecular weight excluding hydrogens is 468 g/mol. The first-order valence-corrected chi connectivity index (χ1v) is 12.9. The predicted octanol–water partition coefficient (Wildman–Crippen LogP) is 6.36. The number of aliphatic imine (C=N–C) groups is 1. The summed E-state index contributed by atoms with van der Waals surface area (Å²) in [4.78, 5) is 22.0. The minimum absolute atomic E-state index is 0. The number of amidine groups is 1. The van der Waals surface area contributed by atoms with Crippen molar-refractivity contribution < 1.29 is 9.18 Å². The number of halogens is 3. The van der Waals surface area contributed by atoms with Crippen LogP contribution in [0.3, 0.4) is 0 Å². The van der Waals surface area contributed by atoms with E-state index in [0.29, 0.717) is 10.8 Å². The Kier molecular flexibility index (Phi) is 6.79. The van der Waals surface area contributed by atoms with Gasteiger partial charge in [0.15, 0.2) is 5.17 Å². The van der Waals surface area contributed by atoms with Crippen LogP contribution in [0.2, 0.25) is 5.02 Å². The zero-order valence-corrected chi connectivity index (χ0v) is 21.3. The highest BCUT2D eigenvalue weighted by Gasteiger charge is 2.52. The Morgan fingerprint density at radius 3 is 2.31 bits per heavy atom. The van der Waals surface area contributed by atoms with E-state index in [4.69, 9.17) is 16.6 Å². The zero-order chi connectivity index (χ0) is 21.9. The quantitative estimate of drug-likeness (QED) is 0.483. The lowest BCUT2D eigenvalue weighted by Gasteiger charge is -2.55. The maximum absolute atomic E-state index is 14.8. The summed E-state index contributed by atoms with van der Waals surface area (Å²) in [6, 6.07) is 4.68. The van der Waals surface area contributed by atoms with Crippen molar-refractivity contribution in [2.75, 3.05) is 10.7 Å². The van der Waals surface area contributed by atoms with Crippen LogP contribution in [-0.2, 0) is 4.79 Å². The van der Waals surface area contributed by atoms with Crippen LogP contribution in [-0.4, -0.2) is 39.5 Å². The Hall–Kier alpha value is -0.980. The standard InChI is InChI=1S/C24H31ClFN3OS.ClH/c1-14(2)28-22(29(15(3)30)21-5-4-19(25)9-20(21)26)13-31-23(28)27-24-10-16-6-17(11-24)8-18(7-16)12-24;/h4-5,9,14,16-18,22H,6-8,10-13H2,1-3H3;1H. The van der Waals surface area contributed by atoms with Crippen LogP contribution >= 0.6 is 35.8 Å². The molecule has 1 aliphatic heterocycles. The number of hydrogen-bond donors (Lipinski definition) is 0. The highest BCUT2D eigenvalue weighted by atomic mass is 35.5. The van der Waals surface area contributed by atoms with Gasteiger partial charge in [0, 0.05) is 23.7 Å². The maximum atomic E-state index is 14.8. The van der Waals surface area contributed by atoms with Crippen LogP contribution in [0.4, 0.5) is 10.1 Å². The number of anilines is 1. The summed E-state index contributed by atoms with van der Waals surface area (Å²) in [7, 11) is 0. The summed E-state index contributed by atoms with van der Waals surface area (Å²) in [5.41, 5.74) is 0.357. The molecule has 1 atom stereocenters. The number of rotatable bonds is 4. The number of hydrogen-bond acceptors (Lipinski definition) is 3. The summed E-state index contributed by atoms with van der Waals surface area (Å²) >= 11 is 7.68. The molecule has 0 N–H and O–H groups in total. The van der Waals surface area contributed by atoms with Crippen LogP contribution in [0.1, 0.15) is 59.3 Å². The zero-order valence-electron chi connectivity index (χ0n) is 18.9. The van der Waals surface area contributed by atoms with Crippen LogP contribution in [0.15, 0.2) is 23.2 Å². The average Bonchev–Trinajstić information content (AvgIpc) is 3.05. The lowest BCUT2D eigenvalue weighted by molar-refractivity contribution is -0.117. The minimum atomic E-state index is -0.470. The van der Waals surface area contributed by atoms with Gasteiger partial charge in [-0.2, -0.15) is 0 Å². The summed E-state index contributed by atoms with van der Waals surface area (Å²) in [6.45, 7) is 5.76. The second-order valence-corrected chi connectivity index (χ2v) is 11.7. The third-order valence-electron chi connectivity index (χ3n) is 7.61. The third kappa shape index (κ3) is 4.27. The molecule has 1 unspecified atom stereocenters. The van der Waals surface area contributed by atoms with Crippen LogP contribution in [0.25, 0.3) is 0 Å². The molecular formula is C24H32Cl2FN3OS. The van der Waals surface area contributed by atoms with E-state index >= 15 is 0 Å². The molecule has 5 fully saturated rings. The molecule has 0 aromatic heterocycles. The summed E-state index contributed by atoms with van der Waals surface area (Å²) in [5, 5.41) is 1.36. The molecule has 1 aromatic carbocycles. The maximum Gasteiger partial charge on any atom is 0.225 e. The fourth-order valence-electron chi connectivity index (χ4n) is 6.91. The third-order valence-corrected chi connectivity index (χ3v) is 8.87. The first-order chi connectivity index (χ1) is 14.7. The molecule has 4 aliphatic carbocycles. The van der Waals surface area contributed by atoms with E-state index in [-0.39, 0.29) is 41.7 Å². The first-order valence-electron chi connectivity index (χ1n) is 11.5. The SMILES string of the molecule is CC(=O)N(c1ccc(Cl)cc1F)C1CSC(=NC23CC4CC(CC(C4)C2)C3)N1C(C)C.Cl. The van der Waals surface area contributed by atoms with Crippen LogP contribution < -0.4 is 4.90 Å². The monoisotopic (exact) mass is 499 g/mol. The van der Waals surface area contributed by atoms with Crippen molar-refractivity contribution in [1.82, 2.24) is 4.90 Å². The van der Waals surface area contributed by atoms with E-state index in [1.54, 1.807) is 28.8 Å². The Morgan fingerprint density at radius 1 is 1.22 bits per heavy atom. The Balaban J connectivity index is 0.00000245. The second kappa shape index (κ2) is 8.99. The number of thioether (sulfide) groups is 1. The van der Waals surface area contributed by atoms with Gasteiger partial charge in [0.05, 0.1) is 11.2 Å². The molecule has 8 heteroatoms. The molecule has 176 valence electrons. The summed E-state index contributed by atoms with van der Waals surface area (Å²) < 4.78 is 14.8.